The van der Waals surface area contributed by atoms with Crippen molar-refractivity contribution in [2.24, 2.45) is 0 Å². The van der Waals surface area contributed by atoms with Gasteiger partial charge in [-0.2, -0.15) is 0 Å². The van der Waals surface area contributed by atoms with Crippen molar-refractivity contribution >= 4 is 15.7 Å². The normalized spacial score (nSPS) is 12.5. The Labute approximate surface area is 219 Å². The van der Waals surface area contributed by atoms with Crippen LogP contribution in [0.4, 0.5) is 14.6 Å². The lowest BCUT2D eigenvalue weighted by molar-refractivity contribution is 0.459. The Morgan fingerprint density at radius 2 is 1.66 bits per heavy atom. The van der Waals surface area contributed by atoms with Crippen LogP contribution in [0.3, 0.4) is 0 Å². The smallest absolute Gasteiger partial charge is 0.270 e. The van der Waals surface area contributed by atoms with Crippen LogP contribution in [0.1, 0.15) is 25.3 Å². The van der Waals surface area contributed by atoms with E-state index in [1.54, 1.807) is 12.1 Å². The predicted octanol–water partition coefficient (Wildman–Crippen LogP) is 4.41. The molecule has 0 saturated heterocycles. The minimum atomic E-state index is -3.64. The van der Waals surface area contributed by atoms with Crippen molar-refractivity contribution in [3.05, 3.63) is 60.3 Å². The van der Waals surface area contributed by atoms with Gasteiger partial charge >= 0.3 is 0 Å². The maximum absolute atomic E-state index is 12.6. The molecule has 200 valence electrons. The molecule has 1 atom stereocenters. The van der Waals surface area contributed by atoms with Crippen LogP contribution in [0, 0.1) is 0 Å². The first kappa shape index (κ1) is 27.3. The van der Waals surface area contributed by atoms with Gasteiger partial charge in [-0.05, 0) is 56.1 Å². The Kier molecular flexibility index (Phi) is 8.74. The summed E-state index contributed by atoms with van der Waals surface area (Å²) in [5.41, 5.74) is 9.01. The zero-order valence-corrected chi connectivity index (χ0v) is 21.6. The molecule has 0 amide bonds. The van der Waals surface area contributed by atoms with Crippen LogP contribution in [0.5, 0.6) is 0 Å². The summed E-state index contributed by atoms with van der Waals surface area (Å²) in [7, 11) is -3.64. The molecule has 0 bridgehead atoms. The van der Waals surface area contributed by atoms with E-state index in [4.69, 9.17) is 10.2 Å². The van der Waals surface area contributed by atoms with Gasteiger partial charge in [-0.25, -0.2) is 18.4 Å². The van der Waals surface area contributed by atoms with Crippen molar-refractivity contribution < 1.29 is 21.6 Å². The van der Waals surface area contributed by atoms with Gasteiger partial charge in [0.25, 0.3) is 5.89 Å². The third kappa shape index (κ3) is 6.20. The molecular formula is C26H28F2N6O3S. The first-order chi connectivity index (χ1) is 18.3. The zero-order valence-electron chi connectivity index (χ0n) is 20.8. The molecular weight excluding hydrogens is 514 g/mol. The van der Waals surface area contributed by atoms with Crippen LogP contribution < -0.4 is 11.1 Å². The fourth-order valence-corrected chi connectivity index (χ4v) is 5.06. The van der Waals surface area contributed by atoms with E-state index >= 15 is 0 Å². The number of nitrogens with zero attached hydrogens (tertiary/aromatic N) is 4. The molecule has 4 aromatic rings. The number of sulfone groups is 1. The topological polar surface area (TPSA) is 137 Å². The van der Waals surface area contributed by atoms with E-state index < -0.39 is 21.8 Å². The van der Waals surface area contributed by atoms with Gasteiger partial charge in [0, 0.05) is 17.7 Å². The highest BCUT2D eigenvalue weighted by molar-refractivity contribution is 7.92. The van der Waals surface area contributed by atoms with E-state index in [0.29, 0.717) is 36.3 Å². The highest BCUT2D eigenvalue weighted by atomic mass is 32.2. The van der Waals surface area contributed by atoms with Crippen molar-refractivity contribution in [3.63, 3.8) is 0 Å². The highest BCUT2D eigenvalue weighted by Crippen LogP contribution is 2.29. The molecule has 2 aromatic carbocycles. The van der Waals surface area contributed by atoms with E-state index in [-0.39, 0.29) is 41.3 Å². The lowest BCUT2D eigenvalue weighted by Gasteiger charge is -2.11. The average Bonchev–Trinajstić information content (AvgIpc) is 3.42. The minimum absolute atomic E-state index is 0.0635. The third-order valence-electron chi connectivity index (χ3n) is 5.97. The first-order valence-electron chi connectivity index (χ1n) is 12.1. The van der Waals surface area contributed by atoms with E-state index in [1.807, 2.05) is 24.3 Å². The number of anilines is 1. The molecule has 0 spiro atoms. The molecule has 38 heavy (non-hydrogen) atoms. The standard InChI is InChI=1S/C26H28F2N6O3S/c1-17(11-13-28)38(35,36)21-9-7-19(8-10-21)22-16-31-24(29)23(32-22)26-34-33-25(37-26)20-5-3-18(4-6-20)15-30-14-2-12-27/h3-10,16-17,30H,2,11-15H2,1H3,(H2,29,31). The molecule has 3 N–H and O–H groups in total. The predicted molar refractivity (Wildman–Crippen MR) is 140 cm³/mol. The van der Waals surface area contributed by atoms with Crippen LogP contribution in [-0.4, -0.2) is 53.7 Å². The molecule has 0 fully saturated rings. The number of nitrogens with one attached hydrogen (secondary N) is 1. The van der Waals surface area contributed by atoms with Gasteiger partial charge in [-0.15, -0.1) is 10.2 Å². The van der Waals surface area contributed by atoms with Crippen LogP contribution >= 0.6 is 0 Å². The van der Waals surface area contributed by atoms with Crippen LogP contribution in [-0.2, 0) is 16.4 Å². The van der Waals surface area contributed by atoms with Gasteiger partial charge in [-0.1, -0.05) is 24.3 Å². The monoisotopic (exact) mass is 542 g/mol. The van der Waals surface area contributed by atoms with Gasteiger partial charge in [0.15, 0.2) is 21.3 Å². The number of rotatable bonds is 12. The van der Waals surface area contributed by atoms with Crippen molar-refractivity contribution in [1.29, 1.82) is 0 Å². The number of aromatic nitrogens is 4. The molecule has 2 aromatic heterocycles. The molecule has 9 nitrogen and oxygen atoms in total. The van der Waals surface area contributed by atoms with Crippen LogP contribution in [0.15, 0.2) is 64.0 Å². The van der Waals surface area contributed by atoms with E-state index in [9.17, 15) is 17.2 Å². The molecule has 2 heterocycles. The Balaban J connectivity index is 1.52. The van der Waals surface area contributed by atoms with Gasteiger partial charge < -0.3 is 15.5 Å². The third-order valence-corrected chi connectivity index (χ3v) is 8.19. The van der Waals surface area contributed by atoms with Crippen molar-refractivity contribution in [1.82, 2.24) is 25.5 Å². The second-order valence-corrected chi connectivity index (χ2v) is 11.0. The summed E-state index contributed by atoms with van der Waals surface area (Å²) in [6.45, 7) is 1.67. The first-order valence-corrected chi connectivity index (χ1v) is 13.6. The quantitative estimate of drug-likeness (QED) is 0.249. The highest BCUT2D eigenvalue weighted by Gasteiger charge is 2.23. The molecule has 4 rings (SSSR count). The molecule has 0 aliphatic rings. The number of nitrogen functional groups attached to an aromatic ring is 1. The Hall–Kier alpha value is -3.77. The summed E-state index contributed by atoms with van der Waals surface area (Å²) in [6, 6.07) is 13.7. The number of nitrogens with two attached hydrogens (primary N) is 1. The Morgan fingerprint density at radius 1 is 0.974 bits per heavy atom. The molecule has 0 aliphatic heterocycles. The zero-order chi connectivity index (χ0) is 27.1. The number of hydrogen-bond acceptors (Lipinski definition) is 9. The average molecular weight is 543 g/mol. The summed E-state index contributed by atoms with van der Waals surface area (Å²) in [6.07, 6.45) is 1.88. The second-order valence-electron chi connectivity index (χ2n) is 8.68. The fraction of sp³-hybridized carbons (Fsp3) is 0.308. The molecule has 0 aliphatic carbocycles. The second kappa shape index (κ2) is 12.2. The summed E-state index contributed by atoms with van der Waals surface area (Å²) >= 11 is 0. The van der Waals surface area contributed by atoms with Gasteiger partial charge in [-0.3, -0.25) is 8.78 Å². The van der Waals surface area contributed by atoms with Crippen molar-refractivity contribution in [2.75, 3.05) is 25.6 Å². The van der Waals surface area contributed by atoms with Gasteiger partial charge in [0.1, 0.15) is 0 Å². The molecule has 0 radical (unpaired) electrons. The Morgan fingerprint density at radius 3 is 2.34 bits per heavy atom. The van der Waals surface area contributed by atoms with E-state index in [0.717, 1.165) is 5.56 Å². The number of halogens is 2. The molecule has 1 unspecified atom stereocenters. The summed E-state index contributed by atoms with van der Waals surface area (Å²) in [4.78, 5) is 8.81. The van der Waals surface area contributed by atoms with E-state index in [1.165, 1.54) is 25.3 Å². The minimum Gasteiger partial charge on any atom is -0.414 e. The Bertz CT molecular complexity index is 1460. The lowest BCUT2D eigenvalue weighted by Crippen LogP contribution is -2.18. The SMILES string of the molecule is CC(CCF)S(=O)(=O)c1ccc(-c2cnc(N)c(-c3nnc(-c4ccc(CNCCCF)cc4)o3)n2)cc1. The molecule has 12 heteroatoms. The maximum Gasteiger partial charge on any atom is 0.270 e. The van der Waals surface area contributed by atoms with Crippen LogP contribution in [0.2, 0.25) is 0 Å². The number of hydrogen-bond donors (Lipinski definition) is 2. The maximum atomic E-state index is 12.6. The van der Waals surface area contributed by atoms with Crippen LogP contribution in [0.25, 0.3) is 34.3 Å². The summed E-state index contributed by atoms with van der Waals surface area (Å²) < 4.78 is 55.9. The van der Waals surface area contributed by atoms with Crippen molar-refractivity contribution in [2.45, 2.75) is 36.5 Å². The summed E-state index contributed by atoms with van der Waals surface area (Å²) in [5.74, 6) is 0.460. The largest absolute Gasteiger partial charge is 0.414 e. The summed E-state index contributed by atoms with van der Waals surface area (Å²) in [5, 5.41) is 10.5. The number of alkyl halides is 2. The van der Waals surface area contributed by atoms with Gasteiger partial charge in [0.2, 0.25) is 5.89 Å². The van der Waals surface area contributed by atoms with Crippen molar-refractivity contribution in [3.8, 4) is 34.3 Å². The fourth-order valence-electron chi connectivity index (χ4n) is 3.68. The van der Waals surface area contributed by atoms with Gasteiger partial charge in [0.05, 0.1) is 35.4 Å². The van der Waals surface area contributed by atoms with E-state index in [2.05, 4.69) is 25.5 Å². The lowest BCUT2D eigenvalue weighted by atomic mass is 10.1. The molecule has 0 saturated carbocycles. The number of benzene rings is 2.